The number of rotatable bonds is 5. The third-order valence-corrected chi connectivity index (χ3v) is 3.73. The average Bonchev–Trinajstić information content (AvgIpc) is 2.95. The standard InChI is InChI=1S/C14H16FN3OS.2ClH/c1-9(6-16)7-17-13(19)12-8-20-14(18-12)10-2-4-11(15)5-3-10;;/h2-5,8-9H,6-7,16H2,1H3,(H,17,19);2*1H. The van der Waals surface area contributed by atoms with E-state index in [1.807, 2.05) is 6.92 Å². The summed E-state index contributed by atoms with van der Waals surface area (Å²) in [5, 5.41) is 5.18. The molecule has 22 heavy (non-hydrogen) atoms. The fourth-order valence-electron chi connectivity index (χ4n) is 1.54. The summed E-state index contributed by atoms with van der Waals surface area (Å²) in [5.41, 5.74) is 6.66. The lowest BCUT2D eigenvalue weighted by Gasteiger charge is -2.08. The van der Waals surface area contributed by atoms with Crippen LogP contribution in [0.5, 0.6) is 0 Å². The van der Waals surface area contributed by atoms with Crippen molar-refractivity contribution in [3.63, 3.8) is 0 Å². The van der Waals surface area contributed by atoms with Gasteiger partial charge in [-0.15, -0.1) is 36.2 Å². The molecule has 1 unspecified atom stereocenters. The Morgan fingerprint density at radius 3 is 2.59 bits per heavy atom. The molecule has 1 atom stereocenters. The van der Waals surface area contributed by atoms with Gasteiger partial charge in [-0.05, 0) is 36.7 Å². The lowest BCUT2D eigenvalue weighted by Crippen LogP contribution is -2.31. The van der Waals surface area contributed by atoms with Crippen molar-refractivity contribution < 1.29 is 9.18 Å². The van der Waals surface area contributed by atoms with Gasteiger partial charge in [-0.25, -0.2) is 9.37 Å². The van der Waals surface area contributed by atoms with Crippen molar-refractivity contribution in [2.75, 3.05) is 13.1 Å². The van der Waals surface area contributed by atoms with Crippen molar-refractivity contribution in [1.29, 1.82) is 0 Å². The first-order chi connectivity index (χ1) is 9.60. The van der Waals surface area contributed by atoms with Crippen LogP contribution in [0, 0.1) is 11.7 Å². The fourth-order valence-corrected chi connectivity index (χ4v) is 2.35. The van der Waals surface area contributed by atoms with Crippen molar-refractivity contribution in [1.82, 2.24) is 10.3 Å². The van der Waals surface area contributed by atoms with Gasteiger partial charge < -0.3 is 11.1 Å². The van der Waals surface area contributed by atoms with Gasteiger partial charge in [-0.1, -0.05) is 6.92 Å². The van der Waals surface area contributed by atoms with Crippen LogP contribution < -0.4 is 11.1 Å². The number of benzene rings is 1. The molecule has 2 rings (SSSR count). The van der Waals surface area contributed by atoms with E-state index >= 15 is 0 Å². The molecule has 8 heteroatoms. The van der Waals surface area contributed by atoms with Crippen LogP contribution in [0.3, 0.4) is 0 Å². The van der Waals surface area contributed by atoms with Crippen LogP contribution >= 0.6 is 36.2 Å². The lowest BCUT2D eigenvalue weighted by molar-refractivity contribution is 0.0944. The van der Waals surface area contributed by atoms with E-state index in [0.717, 1.165) is 5.56 Å². The van der Waals surface area contributed by atoms with E-state index in [4.69, 9.17) is 5.73 Å². The number of halogens is 3. The minimum Gasteiger partial charge on any atom is -0.350 e. The van der Waals surface area contributed by atoms with E-state index in [0.29, 0.717) is 23.8 Å². The van der Waals surface area contributed by atoms with Crippen LogP contribution in [0.1, 0.15) is 17.4 Å². The molecule has 1 heterocycles. The van der Waals surface area contributed by atoms with E-state index in [-0.39, 0.29) is 42.5 Å². The summed E-state index contributed by atoms with van der Waals surface area (Å²) in [6.07, 6.45) is 0. The summed E-state index contributed by atoms with van der Waals surface area (Å²) in [7, 11) is 0. The van der Waals surface area contributed by atoms with Gasteiger partial charge >= 0.3 is 0 Å². The highest BCUT2D eigenvalue weighted by Crippen LogP contribution is 2.23. The smallest absolute Gasteiger partial charge is 0.270 e. The highest BCUT2D eigenvalue weighted by molar-refractivity contribution is 7.13. The summed E-state index contributed by atoms with van der Waals surface area (Å²) >= 11 is 1.36. The number of nitrogens with two attached hydrogens (primary N) is 1. The molecule has 0 fully saturated rings. The van der Waals surface area contributed by atoms with E-state index in [1.54, 1.807) is 17.5 Å². The van der Waals surface area contributed by atoms with Crippen molar-refractivity contribution in [2.24, 2.45) is 11.7 Å². The first-order valence-corrected chi connectivity index (χ1v) is 7.18. The molecular formula is C14H18Cl2FN3OS. The summed E-state index contributed by atoms with van der Waals surface area (Å²) < 4.78 is 12.9. The van der Waals surface area contributed by atoms with Crippen molar-refractivity contribution in [3.05, 3.63) is 41.2 Å². The zero-order valence-electron chi connectivity index (χ0n) is 11.9. The van der Waals surface area contributed by atoms with E-state index < -0.39 is 0 Å². The van der Waals surface area contributed by atoms with Gasteiger partial charge in [0.1, 0.15) is 16.5 Å². The van der Waals surface area contributed by atoms with Crippen LogP contribution in [-0.2, 0) is 0 Å². The number of nitrogens with zero attached hydrogens (tertiary/aromatic N) is 1. The van der Waals surface area contributed by atoms with E-state index in [1.165, 1.54) is 23.5 Å². The van der Waals surface area contributed by atoms with Crippen molar-refractivity contribution >= 4 is 42.1 Å². The number of hydrogen-bond donors (Lipinski definition) is 2. The molecule has 0 aliphatic rings. The number of aromatic nitrogens is 1. The van der Waals surface area contributed by atoms with Gasteiger partial charge in [0.25, 0.3) is 5.91 Å². The SMILES string of the molecule is CC(CN)CNC(=O)c1csc(-c2ccc(F)cc2)n1.Cl.Cl. The van der Waals surface area contributed by atoms with Gasteiger partial charge in [-0.3, -0.25) is 4.79 Å². The highest BCUT2D eigenvalue weighted by Gasteiger charge is 2.12. The number of hydrogen-bond acceptors (Lipinski definition) is 4. The molecule has 1 aromatic heterocycles. The highest BCUT2D eigenvalue weighted by atomic mass is 35.5. The van der Waals surface area contributed by atoms with Gasteiger partial charge in [0.15, 0.2) is 0 Å². The number of amides is 1. The Labute approximate surface area is 145 Å². The molecule has 0 aliphatic carbocycles. The van der Waals surface area contributed by atoms with E-state index in [9.17, 15) is 9.18 Å². The quantitative estimate of drug-likeness (QED) is 0.854. The number of thiazole rings is 1. The maximum absolute atomic E-state index is 12.9. The molecule has 0 spiro atoms. The first kappa shape index (κ1) is 20.8. The number of carbonyl (C=O) groups excluding carboxylic acids is 1. The molecule has 0 aliphatic heterocycles. The third-order valence-electron chi connectivity index (χ3n) is 2.84. The second kappa shape index (κ2) is 9.74. The zero-order chi connectivity index (χ0) is 14.5. The number of nitrogens with one attached hydrogen (secondary N) is 1. The largest absolute Gasteiger partial charge is 0.350 e. The molecule has 0 saturated heterocycles. The Hall–Kier alpha value is -1.21. The maximum atomic E-state index is 12.9. The van der Waals surface area contributed by atoms with Crippen LogP contribution in [0.25, 0.3) is 10.6 Å². The van der Waals surface area contributed by atoms with Crippen LogP contribution in [0.2, 0.25) is 0 Å². The molecule has 1 aromatic carbocycles. The Bertz CT molecular complexity index is 592. The summed E-state index contributed by atoms with van der Waals surface area (Å²) in [6, 6.07) is 6.04. The normalized spacial score (nSPS) is 11.0. The molecule has 0 saturated carbocycles. The monoisotopic (exact) mass is 365 g/mol. The van der Waals surface area contributed by atoms with Crippen LogP contribution in [-0.4, -0.2) is 24.0 Å². The van der Waals surface area contributed by atoms with Crippen molar-refractivity contribution in [3.8, 4) is 10.6 Å². The van der Waals surface area contributed by atoms with Crippen LogP contribution in [0.15, 0.2) is 29.6 Å². The summed E-state index contributed by atoms with van der Waals surface area (Å²) in [5.74, 6) is -0.275. The van der Waals surface area contributed by atoms with Crippen LogP contribution in [0.4, 0.5) is 4.39 Å². The molecule has 4 nitrogen and oxygen atoms in total. The molecule has 0 bridgehead atoms. The molecule has 0 radical (unpaired) electrons. The number of carbonyl (C=O) groups is 1. The average molecular weight is 366 g/mol. The molecule has 3 N–H and O–H groups in total. The van der Waals surface area contributed by atoms with E-state index in [2.05, 4.69) is 10.3 Å². The second-order valence-electron chi connectivity index (χ2n) is 4.60. The second-order valence-corrected chi connectivity index (χ2v) is 5.45. The Kier molecular flexibility index (Phi) is 9.20. The molecule has 2 aromatic rings. The Morgan fingerprint density at radius 1 is 1.36 bits per heavy atom. The summed E-state index contributed by atoms with van der Waals surface area (Å²) in [4.78, 5) is 16.2. The van der Waals surface area contributed by atoms with Gasteiger partial charge in [-0.2, -0.15) is 0 Å². The lowest BCUT2D eigenvalue weighted by atomic mass is 10.2. The molecule has 122 valence electrons. The fraction of sp³-hybridized carbons (Fsp3) is 0.286. The predicted octanol–water partition coefficient (Wildman–Crippen LogP) is 3.12. The first-order valence-electron chi connectivity index (χ1n) is 6.30. The van der Waals surface area contributed by atoms with Crippen molar-refractivity contribution in [2.45, 2.75) is 6.92 Å². The summed E-state index contributed by atoms with van der Waals surface area (Å²) in [6.45, 7) is 3.02. The topological polar surface area (TPSA) is 68.0 Å². The minimum absolute atomic E-state index is 0. The van der Waals surface area contributed by atoms with Gasteiger partial charge in [0.2, 0.25) is 0 Å². The van der Waals surface area contributed by atoms with Gasteiger partial charge in [0.05, 0.1) is 0 Å². The predicted molar refractivity (Wildman–Crippen MR) is 92.6 cm³/mol. The Morgan fingerprint density at radius 2 is 2.00 bits per heavy atom. The Balaban J connectivity index is 0.00000220. The van der Waals surface area contributed by atoms with Gasteiger partial charge in [0, 0.05) is 17.5 Å². The zero-order valence-corrected chi connectivity index (χ0v) is 14.4. The minimum atomic E-state index is -0.293. The molecular weight excluding hydrogens is 348 g/mol. The maximum Gasteiger partial charge on any atom is 0.270 e. The third kappa shape index (κ3) is 5.53. The molecule has 1 amide bonds.